The van der Waals surface area contributed by atoms with Crippen molar-refractivity contribution in [2.75, 3.05) is 13.7 Å². The SMILES string of the molecule is COc1ccccc1CCNC(=O)c1ccc(Cl)nc1. The van der Waals surface area contributed by atoms with E-state index in [0.717, 1.165) is 11.3 Å². The average molecular weight is 291 g/mol. The number of amides is 1. The molecule has 4 nitrogen and oxygen atoms in total. The molecule has 1 aromatic heterocycles. The molecular formula is C15H15ClN2O2. The molecule has 0 bridgehead atoms. The van der Waals surface area contributed by atoms with Gasteiger partial charge in [-0.05, 0) is 30.2 Å². The fourth-order valence-electron chi connectivity index (χ4n) is 1.83. The molecule has 20 heavy (non-hydrogen) atoms. The number of carbonyl (C=O) groups excluding carboxylic acids is 1. The monoisotopic (exact) mass is 290 g/mol. The molecule has 0 saturated heterocycles. The van der Waals surface area contributed by atoms with Gasteiger partial charge in [0.05, 0.1) is 12.7 Å². The van der Waals surface area contributed by atoms with Crippen LogP contribution in [0.1, 0.15) is 15.9 Å². The topological polar surface area (TPSA) is 51.2 Å². The largest absolute Gasteiger partial charge is 0.496 e. The summed E-state index contributed by atoms with van der Waals surface area (Å²) in [6, 6.07) is 11.0. The number of methoxy groups -OCH3 is 1. The van der Waals surface area contributed by atoms with E-state index in [0.29, 0.717) is 23.7 Å². The van der Waals surface area contributed by atoms with Gasteiger partial charge >= 0.3 is 0 Å². The van der Waals surface area contributed by atoms with Gasteiger partial charge in [0.15, 0.2) is 0 Å². The number of ether oxygens (including phenoxy) is 1. The van der Waals surface area contributed by atoms with Gasteiger partial charge in [-0.3, -0.25) is 4.79 Å². The number of para-hydroxylation sites is 1. The first kappa shape index (κ1) is 14.3. The molecule has 0 aliphatic heterocycles. The van der Waals surface area contributed by atoms with Gasteiger partial charge in [-0.25, -0.2) is 4.98 Å². The van der Waals surface area contributed by atoms with Gasteiger partial charge in [-0.1, -0.05) is 29.8 Å². The van der Waals surface area contributed by atoms with E-state index in [1.165, 1.54) is 6.20 Å². The first-order valence-corrected chi connectivity index (χ1v) is 6.60. The summed E-state index contributed by atoms with van der Waals surface area (Å²) in [6.45, 7) is 0.530. The van der Waals surface area contributed by atoms with Gasteiger partial charge in [0, 0.05) is 12.7 Å². The van der Waals surface area contributed by atoms with Crippen LogP contribution in [0.2, 0.25) is 5.15 Å². The third-order valence-corrected chi connectivity index (χ3v) is 3.09. The Bertz CT molecular complexity index is 585. The van der Waals surface area contributed by atoms with E-state index in [4.69, 9.17) is 16.3 Å². The second kappa shape index (κ2) is 6.91. The summed E-state index contributed by atoms with van der Waals surface area (Å²) in [5, 5.41) is 3.21. The third kappa shape index (κ3) is 3.71. The number of nitrogens with zero attached hydrogens (tertiary/aromatic N) is 1. The van der Waals surface area contributed by atoms with Crippen LogP contribution in [0.5, 0.6) is 5.75 Å². The minimum Gasteiger partial charge on any atom is -0.496 e. The summed E-state index contributed by atoms with van der Waals surface area (Å²) in [4.78, 5) is 15.8. The quantitative estimate of drug-likeness (QED) is 0.862. The minimum atomic E-state index is -0.163. The Balaban J connectivity index is 1.89. The fourth-order valence-corrected chi connectivity index (χ4v) is 1.94. The number of pyridine rings is 1. The number of nitrogens with one attached hydrogen (secondary N) is 1. The highest BCUT2D eigenvalue weighted by atomic mass is 35.5. The highest BCUT2D eigenvalue weighted by Gasteiger charge is 2.06. The van der Waals surface area contributed by atoms with E-state index in [-0.39, 0.29) is 5.91 Å². The Kier molecular flexibility index (Phi) is 4.96. The van der Waals surface area contributed by atoms with Crippen LogP contribution < -0.4 is 10.1 Å². The zero-order valence-electron chi connectivity index (χ0n) is 11.1. The summed E-state index contributed by atoms with van der Waals surface area (Å²) in [7, 11) is 1.64. The van der Waals surface area contributed by atoms with Crippen molar-refractivity contribution in [1.82, 2.24) is 10.3 Å². The number of rotatable bonds is 5. The molecule has 0 atom stereocenters. The van der Waals surface area contributed by atoms with Crippen LogP contribution in [-0.2, 0) is 6.42 Å². The van der Waals surface area contributed by atoms with E-state index in [1.54, 1.807) is 19.2 Å². The molecule has 1 heterocycles. The molecule has 0 radical (unpaired) electrons. The van der Waals surface area contributed by atoms with Crippen molar-refractivity contribution in [2.45, 2.75) is 6.42 Å². The van der Waals surface area contributed by atoms with Gasteiger partial charge in [-0.2, -0.15) is 0 Å². The minimum absolute atomic E-state index is 0.163. The van der Waals surface area contributed by atoms with Crippen molar-refractivity contribution in [3.05, 3.63) is 58.9 Å². The van der Waals surface area contributed by atoms with Crippen molar-refractivity contribution in [3.8, 4) is 5.75 Å². The molecule has 1 aromatic carbocycles. The van der Waals surface area contributed by atoms with Crippen molar-refractivity contribution in [3.63, 3.8) is 0 Å². The van der Waals surface area contributed by atoms with E-state index in [1.807, 2.05) is 24.3 Å². The second-order valence-corrected chi connectivity index (χ2v) is 4.57. The lowest BCUT2D eigenvalue weighted by atomic mass is 10.1. The molecule has 0 spiro atoms. The second-order valence-electron chi connectivity index (χ2n) is 4.19. The molecule has 2 aromatic rings. The highest BCUT2D eigenvalue weighted by molar-refractivity contribution is 6.29. The molecule has 0 fully saturated rings. The van der Waals surface area contributed by atoms with Gasteiger partial charge in [0.1, 0.15) is 10.9 Å². The molecule has 1 amide bonds. The Hall–Kier alpha value is -2.07. The van der Waals surface area contributed by atoms with Gasteiger partial charge < -0.3 is 10.1 Å². The maximum atomic E-state index is 11.9. The Morgan fingerprint density at radius 1 is 1.30 bits per heavy atom. The van der Waals surface area contributed by atoms with Crippen LogP contribution in [-0.4, -0.2) is 24.5 Å². The lowest BCUT2D eigenvalue weighted by Crippen LogP contribution is -2.25. The summed E-state index contributed by atoms with van der Waals surface area (Å²) >= 11 is 5.68. The Morgan fingerprint density at radius 2 is 2.10 bits per heavy atom. The lowest BCUT2D eigenvalue weighted by molar-refractivity contribution is 0.0953. The molecule has 0 aliphatic carbocycles. The third-order valence-electron chi connectivity index (χ3n) is 2.86. The van der Waals surface area contributed by atoms with Crippen LogP contribution in [0, 0.1) is 0 Å². The standard InChI is InChI=1S/C15H15ClN2O2/c1-20-13-5-3-2-4-11(13)8-9-17-15(19)12-6-7-14(16)18-10-12/h2-7,10H,8-9H2,1H3,(H,17,19). The fraction of sp³-hybridized carbons (Fsp3) is 0.200. The van der Waals surface area contributed by atoms with Crippen molar-refractivity contribution < 1.29 is 9.53 Å². The summed E-state index contributed by atoms with van der Waals surface area (Å²) in [5.41, 5.74) is 1.55. The average Bonchev–Trinajstić information content (AvgIpc) is 2.48. The first-order valence-electron chi connectivity index (χ1n) is 6.22. The lowest BCUT2D eigenvalue weighted by Gasteiger charge is -2.09. The Morgan fingerprint density at radius 3 is 2.80 bits per heavy atom. The maximum Gasteiger partial charge on any atom is 0.252 e. The summed E-state index contributed by atoms with van der Waals surface area (Å²) < 4.78 is 5.26. The number of carbonyl (C=O) groups is 1. The first-order chi connectivity index (χ1) is 9.70. The molecular weight excluding hydrogens is 276 g/mol. The highest BCUT2D eigenvalue weighted by Crippen LogP contribution is 2.17. The Labute approximate surface area is 122 Å². The molecule has 1 N–H and O–H groups in total. The molecule has 0 unspecified atom stereocenters. The number of aromatic nitrogens is 1. The molecule has 0 saturated carbocycles. The zero-order chi connectivity index (χ0) is 14.4. The van der Waals surface area contributed by atoms with Crippen molar-refractivity contribution in [2.24, 2.45) is 0 Å². The zero-order valence-corrected chi connectivity index (χ0v) is 11.9. The van der Waals surface area contributed by atoms with Crippen molar-refractivity contribution in [1.29, 1.82) is 0 Å². The number of hydrogen-bond acceptors (Lipinski definition) is 3. The number of benzene rings is 1. The van der Waals surface area contributed by atoms with E-state index in [2.05, 4.69) is 10.3 Å². The van der Waals surface area contributed by atoms with Crippen LogP contribution >= 0.6 is 11.6 Å². The van der Waals surface area contributed by atoms with Crippen LogP contribution in [0.4, 0.5) is 0 Å². The summed E-state index contributed by atoms with van der Waals surface area (Å²) in [5.74, 6) is 0.666. The van der Waals surface area contributed by atoms with E-state index >= 15 is 0 Å². The molecule has 0 aliphatic rings. The summed E-state index contributed by atoms with van der Waals surface area (Å²) in [6.07, 6.45) is 2.16. The predicted molar refractivity (Wildman–Crippen MR) is 78.3 cm³/mol. The molecule has 2 rings (SSSR count). The normalized spacial score (nSPS) is 10.1. The predicted octanol–water partition coefficient (Wildman–Crippen LogP) is 2.72. The smallest absolute Gasteiger partial charge is 0.252 e. The molecule has 5 heteroatoms. The van der Waals surface area contributed by atoms with Crippen LogP contribution in [0.25, 0.3) is 0 Å². The van der Waals surface area contributed by atoms with Gasteiger partial charge in [-0.15, -0.1) is 0 Å². The van der Waals surface area contributed by atoms with E-state index < -0.39 is 0 Å². The van der Waals surface area contributed by atoms with Gasteiger partial charge in [0.2, 0.25) is 0 Å². The number of halogens is 1. The maximum absolute atomic E-state index is 11.9. The van der Waals surface area contributed by atoms with Gasteiger partial charge in [0.25, 0.3) is 5.91 Å². The van der Waals surface area contributed by atoms with Crippen LogP contribution in [0.3, 0.4) is 0 Å². The van der Waals surface area contributed by atoms with Crippen LogP contribution in [0.15, 0.2) is 42.6 Å². The number of hydrogen-bond donors (Lipinski definition) is 1. The molecule has 104 valence electrons. The van der Waals surface area contributed by atoms with Crippen molar-refractivity contribution >= 4 is 17.5 Å². The van der Waals surface area contributed by atoms with E-state index in [9.17, 15) is 4.79 Å².